The molecule has 18 heavy (non-hydrogen) atoms. The highest BCUT2D eigenvalue weighted by atomic mass is 16.6. The fourth-order valence-electron chi connectivity index (χ4n) is 5.94. The molecule has 3 nitrogen and oxygen atoms in total. The largest absolute Gasteiger partial charge is 0.478 e. The molecular formula is C15H20O3. The second-order valence-corrected chi connectivity index (χ2v) is 7.00. The van der Waals surface area contributed by atoms with E-state index in [1.165, 1.54) is 6.42 Å². The second kappa shape index (κ2) is 2.84. The predicted octanol–water partition coefficient (Wildman–Crippen LogP) is 2.47. The van der Waals surface area contributed by atoms with Gasteiger partial charge in [0.25, 0.3) is 0 Å². The summed E-state index contributed by atoms with van der Waals surface area (Å²) in [6, 6.07) is 0. The molecule has 3 fully saturated rings. The van der Waals surface area contributed by atoms with Gasteiger partial charge in [0.15, 0.2) is 0 Å². The van der Waals surface area contributed by atoms with Crippen molar-refractivity contribution in [1.29, 1.82) is 0 Å². The molecule has 1 N–H and O–H groups in total. The molecule has 4 aliphatic rings. The summed E-state index contributed by atoms with van der Waals surface area (Å²) in [6.07, 6.45) is 5.14. The molecule has 2 saturated carbocycles. The molecule has 0 aromatic heterocycles. The van der Waals surface area contributed by atoms with Crippen LogP contribution in [0.15, 0.2) is 11.6 Å². The Balaban J connectivity index is 1.89. The smallest absolute Gasteiger partial charge is 0.331 e. The molecule has 1 heterocycles. The Hall–Kier alpha value is -0.830. The summed E-state index contributed by atoms with van der Waals surface area (Å²) in [5.41, 5.74) is 0.741. The Morgan fingerprint density at radius 3 is 2.89 bits per heavy atom. The van der Waals surface area contributed by atoms with Crippen LogP contribution in [0.3, 0.4) is 0 Å². The summed E-state index contributed by atoms with van der Waals surface area (Å²) in [7, 11) is 0. The van der Waals surface area contributed by atoms with Gasteiger partial charge in [0, 0.05) is 11.0 Å². The quantitative estimate of drug-likeness (QED) is 0.725. The number of fused-ring (bicyclic) bond motifs is 1. The first kappa shape index (κ1) is 11.0. The highest BCUT2D eigenvalue weighted by Crippen LogP contribution is 2.77. The zero-order chi connectivity index (χ0) is 12.9. The number of hydrogen-bond acceptors (Lipinski definition) is 2. The van der Waals surface area contributed by atoms with Gasteiger partial charge in [-0.05, 0) is 36.0 Å². The number of carboxylic acids is 1. The average Bonchev–Trinajstić information content (AvgIpc) is 2.91. The zero-order valence-electron chi connectivity index (χ0n) is 11.1. The van der Waals surface area contributed by atoms with Crippen LogP contribution in [0.1, 0.15) is 33.6 Å². The Labute approximate surface area is 107 Å². The third kappa shape index (κ3) is 0.870. The van der Waals surface area contributed by atoms with Gasteiger partial charge in [-0.15, -0.1) is 0 Å². The molecule has 1 aliphatic heterocycles. The maximum Gasteiger partial charge on any atom is 0.331 e. The molecule has 7 atom stereocenters. The SMILES string of the molecule is CC1C2OC2C23C(C)C(C(=O)O)=CC2(C)CCC13. The van der Waals surface area contributed by atoms with Crippen LogP contribution in [0, 0.1) is 28.6 Å². The van der Waals surface area contributed by atoms with Gasteiger partial charge in [-0.1, -0.05) is 26.8 Å². The third-order valence-electron chi connectivity index (χ3n) is 6.63. The first-order valence-corrected chi connectivity index (χ1v) is 7.05. The number of ether oxygens (including phenoxy) is 1. The minimum atomic E-state index is -0.733. The maximum atomic E-state index is 11.5. The van der Waals surface area contributed by atoms with Crippen molar-refractivity contribution in [3.8, 4) is 0 Å². The number of hydrogen-bond donors (Lipinski definition) is 1. The molecule has 1 saturated heterocycles. The van der Waals surface area contributed by atoms with Gasteiger partial charge in [0.1, 0.15) is 0 Å². The van der Waals surface area contributed by atoms with E-state index in [9.17, 15) is 9.90 Å². The Morgan fingerprint density at radius 2 is 2.22 bits per heavy atom. The first-order valence-electron chi connectivity index (χ1n) is 7.05. The number of carbonyl (C=O) groups is 1. The van der Waals surface area contributed by atoms with Crippen molar-refractivity contribution in [2.75, 3.05) is 0 Å². The van der Waals surface area contributed by atoms with Crippen molar-refractivity contribution in [2.24, 2.45) is 28.6 Å². The van der Waals surface area contributed by atoms with Crippen LogP contribution in [-0.4, -0.2) is 23.3 Å². The van der Waals surface area contributed by atoms with Crippen LogP contribution in [0.25, 0.3) is 0 Å². The fourth-order valence-corrected chi connectivity index (χ4v) is 5.94. The van der Waals surface area contributed by atoms with E-state index in [1.807, 2.05) is 0 Å². The lowest BCUT2D eigenvalue weighted by molar-refractivity contribution is -0.133. The Bertz CT molecular complexity index is 482. The number of epoxide rings is 1. The van der Waals surface area contributed by atoms with Crippen molar-refractivity contribution >= 4 is 5.97 Å². The molecule has 4 rings (SSSR count). The Morgan fingerprint density at radius 1 is 1.50 bits per heavy atom. The maximum absolute atomic E-state index is 11.5. The molecule has 98 valence electrons. The van der Waals surface area contributed by atoms with Gasteiger partial charge in [-0.25, -0.2) is 4.79 Å². The normalized spacial score (nSPS) is 59.9. The van der Waals surface area contributed by atoms with Crippen molar-refractivity contribution in [3.63, 3.8) is 0 Å². The number of allylic oxidation sites excluding steroid dienone is 1. The van der Waals surface area contributed by atoms with E-state index >= 15 is 0 Å². The molecule has 3 heteroatoms. The summed E-state index contributed by atoms with van der Waals surface area (Å²) < 4.78 is 5.92. The molecule has 0 radical (unpaired) electrons. The molecule has 0 aromatic rings. The fraction of sp³-hybridized carbons (Fsp3) is 0.800. The first-order chi connectivity index (χ1) is 8.43. The van der Waals surface area contributed by atoms with Crippen molar-refractivity contribution in [3.05, 3.63) is 11.6 Å². The Kier molecular flexibility index (Phi) is 1.74. The van der Waals surface area contributed by atoms with Crippen molar-refractivity contribution in [1.82, 2.24) is 0 Å². The van der Waals surface area contributed by atoms with Crippen molar-refractivity contribution < 1.29 is 14.6 Å². The molecule has 1 spiro atoms. The third-order valence-corrected chi connectivity index (χ3v) is 6.63. The van der Waals surface area contributed by atoms with E-state index in [4.69, 9.17) is 4.74 Å². The van der Waals surface area contributed by atoms with Crippen LogP contribution >= 0.6 is 0 Å². The van der Waals surface area contributed by atoms with Gasteiger partial charge in [-0.3, -0.25) is 0 Å². The van der Waals surface area contributed by atoms with Gasteiger partial charge in [0.05, 0.1) is 12.2 Å². The monoisotopic (exact) mass is 248 g/mol. The number of aliphatic carboxylic acids is 1. The molecular weight excluding hydrogens is 228 g/mol. The van der Waals surface area contributed by atoms with Crippen LogP contribution in [0.5, 0.6) is 0 Å². The van der Waals surface area contributed by atoms with Gasteiger partial charge < -0.3 is 9.84 Å². The van der Waals surface area contributed by atoms with Gasteiger partial charge in [0.2, 0.25) is 0 Å². The van der Waals surface area contributed by atoms with Crippen LogP contribution in [0.2, 0.25) is 0 Å². The average molecular weight is 248 g/mol. The summed E-state index contributed by atoms with van der Waals surface area (Å²) in [6.45, 7) is 6.66. The molecule has 0 bridgehead atoms. The van der Waals surface area contributed by atoms with Gasteiger partial charge in [-0.2, -0.15) is 0 Å². The summed E-state index contributed by atoms with van der Waals surface area (Å²) in [4.78, 5) is 11.5. The number of rotatable bonds is 1. The topological polar surface area (TPSA) is 49.8 Å². The highest BCUT2D eigenvalue weighted by Gasteiger charge is 2.79. The standard InChI is InChI=1S/C15H20O3/c1-7-10-4-5-14(3)6-9(13(16)17)8(2)15(10,14)12-11(7)18-12/h6-8,10-12H,4-5H2,1-3H3,(H,16,17). The molecule has 0 amide bonds. The lowest BCUT2D eigenvalue weighted by Gasteiger charge is -2.43. The molecule has 0 aromatic carbocycles. The van der Waals surface area contributed by atoms with E-state index < -0.39 is 5.97 Å². The van der Waals surface area contributed by atoms with E-state index in [2.05, 4.69) is 26.8 Å². The lowest BCUT2D eigenvalue weighted by atomic mass is 9.60. The van der Waals surface area contributed by atoms with E-state index in [0.29, 0.717) is 29.6 Å². The number of carboxylic acid groups (broad SMARTS) is 1. The molecule has 3 aliphatic carbocycles. The highest BCUT2D eigenvalue weighted by molar-refractivity contribution is 5.88. The second-order valence-electron chi connectivity index (χ2n) is 7.00. The predicted molar refractivity (Wildman–Crippen MR) is 66.0 cm³/mol. The minimum absolute atomic E-state index is 0.0367. The van der Waals surface area contributed by atoms with Crippen molar-refractivity contribution in [2.45, 2.75) is 45.8 Å². The van der Waals surface area contributed by atoms with Crippen LogP contribution in [-0.2, 0) is 9.53 Å². The van der Waals surface area contributed by atoms with E-state index in [-0.39, 0.29) is 16.7 Å². The summed E-state index contributed by atoms with van der Waals surface area (Å²) in [5, 5.41) is 9.43. The van der Waals surface area contributed by atoms with Gasteiger partial charge >= 0.3 is 5.97 Å². The van der Waals surface area contributed by atoms with E-state index in [0.717, 1.165) is 6.42 Å². The summed E-state index contributed by atoms with van der Waals surface area (Å²) in [5.74, 6) is 0.644. The lowest BCUT2D eigenvalue weighted by Crippen LogP contribution is -2.44. The summed E-state index contributed by atoms with van der Waals surface area (Å²) >= 11 is 0. The minimum Gasteiger partial charge on any atom is -0.478 e. The zero-order valence-corrected chi connectivity index (χ0v) is 11.1. The van der Waals surface area contributed by atoms with Crippen LogP contribution < -0.4 is 0 Å². The van der Waals surface area contributed by atoms with E-state index in [1.54, 1.807) is 0 Å². The molecule has 7 unspecified atom stereocenters. The van der Waals surface area contributed by atoms with Crippen LogP contribution in [0.4, 0.5) is 0 Å².